The van der Waals surface area contributed by atoms with Crippen molar-refractivity contribution in [2.45, 2.75) is 6.54 Å². The van der Waals surface area contributed by atoms with Gasteiger partial charge in [-0.15, -0.1) is 0 Å². The second-order valence-corrected chi connectivity index (χ2v) is 5.06. The van der Waals surface area contributed by atoms with Crippen molar-refractivity contribution in [3.63, 3.8) is 0 Å². The Morgan fingerprint density at radius 1 is 1.30 bits per heavy atom. The summed E-state index contributed by atoms with van der Waals surface area (Å²) in [5.74, 6) is -0.470. The molecule has 1 aromatic carbocycles. The van der Waals surface area contributed by atoms with E-state index in [1.54, 1.807) is 36.5 Å². The minimum absolute atomic E-state index is 0.120. The van der Waals surface area contributed by atoms with E-state index in [4.69, 9.17) is 10.5 Å². The summed E-state index contributed by atoms with van der Waals surface area (Å²) in [5.41, 5.74) is 6.37. The highest BCUT2D eigenvalue weighted by molar-refractivity contribution is 9.10. The zero-order valence-electron chi connectivity index (χ0n) is 10.6. The Kier molecular flexibility index (Phi) is 4.57. The van der Waals surface area contributed by atoms with E-state index in [1.165, 1.54) is 10.6 Å². The molecule has 1 aromatic heterocycles. The summed E-state index contributed by atoms with van der Waals surface area (Å²) >= 11 is 3.26. The molecule has 0 radical (unpaired) electrons. The van der Waals surface area contributed by atoms with Crippen LogP contribution in [0.3, 0.4) is 0 Å². The number of nitrogen functional groups attached to an aromatic ring is 1. The number of halogens is 1. The molecular formula is C14H13BrN2O3. The van der Waals surface area contributed by atoms with Crippen LogP contribution in [0, 0.1) is 0 Å². The van der Waals surface area contributed by atoms with Gasteiger partial charge in [-0.1, -0.05) is 22.0 Å². The molecule has 0 spiro atoms. The maximum atomic E-state index is 11.8. The summed E-state index contributed by atoms with van der Waals surface area (Å²) in [6.07, 6.45) is 1.65. The molecule has 0 bridgehead atoms. The van der Waals surface area contributed by atoms with E-state index >= 15 is 0 Å². The van der Waals surface area contributed by atoms with Crippen molar-refractivity contribution in [1.29, 1.82) is 0 Å². The van der Waals surface area contributed by atoms with Crippen LogP contribution < -0.4 is 11.3 Å². The summed E-state index contributed by atoms with van der Waals surface area (Å²) in [6.45, 7) is 0.435. The highest BCUT2D eigenvalue weighted by atomic mass is 79.9. The highest BCUT2D eigenvalue weighted by Gasteiger charge is 2.08. The van der Waals surface area contributed by atoms with E-state index in [0.29, 0.717) is 22.3 Å². The lowest BCUT2D eigenvalue weighted by Gasteiger charge is -2.07. The minimum atomic E-state index is -0.470. The molecule has 104 valence electrons. The van der Waals surface area contributed by atoms with Crippen LogP contribution in [0.2, 0.25) is 0 Å². The monoisotopic (exact) mass is 336 g/mol. The van der Waals surface area contributed by atoms with Gasteiger partial charge < -0.3 is 15.0 Å². The normalized spacial score (nSPS) is 10.2. The summed E-state index contributed by atoms with van der Waals surface area (Å²) < 4.78 is 7.31. The molecular weight excluding hydrogens is 324 g/mol. The zero-order chi connectivity index (χ0) is 14.5. The maximum absolute atomic E-state index is 11.8. The van der Waals surface area contributed by atoms with Crippen LogP contribution in [0.25, 0.3) is 0 Å². The lowest BCUT2D eigenvalue weighted by molar-refractivity contribution is 0.0490. The average Bonchev–Trinajstić information content (AvgIpc) is 2.39. The molecule has 20 heavy (non-hydrogen) atoms. The Hall–Kier alpha value is -2.08. The van der Waals surface area contributed by atoms with Crippen LogP contribution >= 0.6 is 15.9 Å². The molecule has 0 aliphatic rings. The number of carbonyl (C=O) groups is 1. The van der Waals surface area contributed by atoms with Crippen LogP contribution in [0.1, 0.15) is 10.4 Å². The largest absolute Gasteiger partial charge is 0.460 e. The van der Waals surface area contributed by atoms with Crippen molar-refractivity contribution < 1.29 is 9.53 Å². The molecule has 0 fully saturated rings. The molecule has 0 saturated carbocycles. The van der Waals surface area contributed by atoms with E-state index in [1.807, 2.05) is 0 Å². The van der Waals surface area contributed by atoms with Gasteiger partial charge in [0.15, 0.2) is 0 Å². The number of carbonyl (C=O) groups excluding carboxylic acids is 1. The Balaban J connectivity index is 1.96. The summed E-state index contributed by atoms with van der Waals surface area (Å²) in [4.78, 5) is 23.3. The van der Waals surface area contributed by atoms with Gasteiger partial charge in [-0.25, -0.2) is 4.79 Å². The van der Waals surface area contributed by atoms with Crippen molar-refractivity contribution in [2.24, 2.45) is 0 Å². The van der Waals surface area contributed by atoms with E-state index in [0.717, 1.165) is 0 Å². The number of pyridine rings is 1. The third-order valence-corrected chi connectivity index (χ3v) is 3.08. The zero-order valence-corrected chi connectivity index (χ0v) is 12.2. The predicted octanol–water partition coefficient (Wildman–Crippen LogP) is 2.05. The molecule has 0 atom stereocenters. The second kappa shape index (κ2) is 6.38. The van der Waals surface area contributed by atoms with E-state index in [2.05, 4.69) is 15.9 Å². The first-order chi connectivity index (χ1) is 9.56. The molecule has 1 heterocycles. The molecule has 0 aliphatic carbocycles. The fourth-order valence-corrected chi connectivity index (χ4v) is 2.21. The van der Waals surface area contributed by atoms with Crippen LogP contribution in [0.5, 0.6) is 0 Å². The third-order valence-electron chi connectivity index (χ3n) is 2.62. The number of benzene rings is 1. The molecule has 0 saturated heterocycles. The Bertz CT molecular complexity index is 662. The Labute approximate surface area is 124 Å². The number of anilines is 1. The van der Waals surface area contributed by atoms with Crippen molar-refractivity contribution in [1.82, 2.24) is 4.57 Å². The van der Waals surface area contributed by atoms with Crippen LogP contribution in [-0.2, 0) is 11.3 Å². The second-order valence-electron chi connectivity index (χ2n) is 4.14. The Morgan fingerprint density at radius 2 is 2.10 bits per heavy atom. The van der Waals surface area contributed by atoms with Gasteiger partial charge in [0.2, 0.25) is 0 Å². The molecule has 0 aliphatic heterocycles. The van der Waals surface area contributed by atoms with Crippen LogP contribution in [-0.4, -0.2) is 17.1 Å². The standard InChI is InChI=1S/C14H13BrN2O3/c15-11-7-10(8-12(16)9-11)14(19)20-6-5-17-4-2-1-3-13(17)18/h1-4,7-9H,5-6,16H2. The first-order valence-electron chi connectivity index (χ1n) is 5.95. The topological polar surface area (TPSA) is 74.3 Å². The number of esters is 1. The minimum Gasteiger partial charge on any atom is -0.460 e. The molecule has 2 N–H and O–H groups in total. The number of hydrogen-bond donors (Lipinski definition) is 1. The van der Waals surface area contributed by atoms with Crippen molar-refractivity contribution >= 4 is 27.6 Å². The fraction of sp³-hybridized carbons (Fsp3) is 0.143. The van der Waals surface area contributed by atoms with Gasteiger partial charge in [0.25, 0.3) is 5.56 Å². The highest BCUT2D eigenvalue weighted by Crippen LogP contribution is 2.17. The molecule has 5 nitrogen and oxygen atoms in total. The number of rotatable bonds is 4. The van der Waals surface area contributed by atoms with Gasteiger partial charge in [0.1, 0.15) is 6.61 Å². The smallest absolute Gasteiger partial charge is 0.338 e. The van der Waals surface area contributed by atoms with Crippen molar-refractivity contribution in [3.8, 4) is 0 Å². The lowest BCUT2D eigenvalue weighted by Crippen LogP contribution is -2.21. The van der Waals surface area contributed by atoms with E-state index in [9.17, 15) is 9.59 Å². The number of nitrogens with zero attached hydrogens (tertiary/aromatic N) is 1. The number of hydrogen-bond acceptors (Lipinski definition) is 4. The molecule has 0 unspecified atom stereocenters. The molecule has 0 amide bonds. The molecule has 2 aromatic rings. The van der Waals surface area contributed by atoms with Crippen LogP contribution in [0.4, 0.5) is 5.69 Å². The summed E-state index contributed by atoms with van der Waals surface area (Å²) in [7, 11) is 0. The lowest BCUT2D eigenvalue weighted by atomic mass is 10.2. The van der Waals surface area contributed by atoms with Crippen LogP contribution in [0.15, 0.2) is 51.9 Å². The molecule has 6 heteroatoms. The van der Waals surface area contributed by atoms with Gasteiger partial charge in [-0.3, -0.25) is 4.79 Å². The number of ether oxygens (including phenoxy) is 1. The first kappa shape index (κ1) is 14.3. The van der Waals surface area contributed by atoms with Crippen molar-refractivity contribution in [2.75, 3.05) is 12.3 Å². The third kappa shape index (κ3) is 3.71. The van der Waals surface area contributed by atoms with Gasteiger partial charge in [-0.2, -0.15) is 0 Å². The van der Waals surface area contributed by atoms with Gasteiger partial charge >= 0.3 is 5.97 Å². The maximum Gasteiger partial charge on any atom is 0.338 e. The fourth-order valence-electron chi connectivity index (χ4n) is 1.70. The quantitative estimate of drug-likeness (QED) is 0.684. The van der Waals surface area contributed by atoms with E-state index < -0.39 is 5.97 Å². The van der Waals surface area contributed by atoms with Gasteiger partial charge in [-0.05, 0) is 24.3 Å². The number of aromatic nitrogens is 1. The number of nitrogens with two attached hydrogens (primary N) is 1. The molecule has 2 rings (SSSR count). The van der Waals surface area contributed by atoms with Gasteiger partial charge in [0, 0.05) is 22.4 Å². The van der Waals surface area contributed by atoms with Gasteiger partial charge in [0.05, 0.1) is 12.1 Å². The van der Waals surface area contributed by atoms with Crippen molar-refractivity contribution in [3.05, 3.63) is 63.0 Å². The Morgan fingerprint density at radius 3 is 2.80 bits per heavy atom. The SMILES string of the molecule is Nc1cc(Br)cc(C(=O)OCCn2ccccc2=O)c1. The first-order valence-corrected chi connectivity index (χ1v) is 6.74. The van der Waals surface area contributed by atoms with E-state index in [-0.39, 0.29) is 12.2 Å². The summed E-state index contributed by atoms with van der Waals surface area (Å²) in [6, 6.07) is 9.74. The summed E-state index contributed by atoms with van der Waals surface area (Å²) in [5, 5.41) is 0. The average molecular weight is 337 g/mol. The predicted molar refractivity (Wildman–Crippen MR) is 79.5 cm³/mol.